The van der Waals surface area contributed by atoms with Crippen LogP contribution in [0.2, 0.25) is 0 Å². The fourth-order valence-electron chi connectivity index (χ4n) is 2.94. The molecule has 4 rings (SSSR count). The second kappa shape index (κ2) is 5.85. The number of anilines is 1. The van der Waals surface area contributed by atoms with Gasteiger partial charge in [-0.25, -0.2) is 0 Å². The van der Waals surface area contributed by atoms with Crippen molar-refractivity contribution in [1.82, 2.24) is 15.1 Å². The monoisotopic (exact) mass is 318 g/mol. The summed E-state index contributed by atoms with van der Waals surface area (Å²) in [6, 6.07) is 14.0. The number of rotatable bonds is 4. The van der Waals surface area contributed by atoms with Gasteiger partial charge in [-0.3, -0.25) is 0 Å². The molecule has 0 radical (unpaired) electrons. The van der Waals surface area contributed by atoms with Gasteiger partial charge in [-0.05, 0) is 36.6 Å². The molecule has 2 heterocycles. The number of aromatic amines is 1. The van der Waals surface area contributed by atoms with E-state index in [9.17, 15) is 0 Å². The highest BCUT2D eigenvalue weighted by atomic mass is 16.5. The third kappa shape index (κ3) is 2.54. The van der Waals surface area contributed by atoms with Crippen molar-refractivity contribution in [2.24, 2.45) is 0 Å². The van der Waals surface area contributed by atoms with E-state index in [0.717, 1.165) is 28.8 Å². The Balaban J connectivity index is 1.54. The molecule has 4 aromatic rings. The van der Waals surface area contributed by atoms with E-state index in [-0.39, 0.29) is 0 Å². The zero-order valence-electron chi connectivity index (χ0n) is 13.4. The summed E-state index contributed by atoms with van der Waals surface area (Å²) in [5.74, 6) is 1.23. The predicted molar refractivity (Wildman–Crippen MR) is 94.6 cm³/mol. The molecule has 2 aromatic heterocycles. The van der Waals surface area contributed by atoms with Gasteiger partial charge >= 0.3 is 0 Å². The highest BCUT2D eigenvalue weighted by molar-refractivity contribution is 5.83. The summed E-state index contributed by atoms with van der Waals surface area (Å²) in [4.78, 5) is 7.81. The molecule has 0 unspecified atom stereocenters. The van der Waals surface area contributed by atoms with Crippen molar-refractivity contribution in [3.05, 3.63) is 65.7 Å². The van der Waals surface area contributed by atoms with E-state index in [2.05, 4.69) is 27.3 Å². The number of fused-ring (bicyclic) bond motifs is 1. The van der Waals surface area contributed by atoms with Crippen LogP contribution in [-0.2, 0) is 12.8 Å². The first-order valence-corrected chi connectivity index (χ1v) is 7.95. The maximum Gasteiger partial charge on any atom is 0.227 e. The minimum atomic E-state index is 0.591. The molecule has 0 aliphatic carbocycles. The number of para-hydroxylation sites is 1. The summed E-state index contributed by atoms with van der Waals surface area (Å²) >= 11 is 0. The van der Waals surface area contributed by atoms with Crippen molar-refractivity contribution in [3.63, 3.8) is 0 Å². The van der Waals surface area contributed by atoms with Gasteiger partial charge in [0.1, 0.15) is 0 Å². The summed E-state index contributed by atoms with van der Waals surface area (Å²) in [6.45, 7) is 1.96. The third-order valence-electron chi connectivity index (χ3n) is 4.37. The lowest BCUT2D eigenvalue weighted by atomic mass is 10.1. The van der Waals surface area contributed by atoms with Crippen LogP contribution >= 0.6 is 0 Å². The van der Waals surface area contributed by atoms with Gasteiger partial charge in [-0.2, -0.15) is 4.98 Å². The van der Waals surface area contributed by atoms with E-state index in [4.69, 9.17) is 10.3 Å². The minimum absolute atomic E-state index is 0.591. The molecule has 5 nitrogen and oxygen atoms in total. The molecule has 0 bridgehead atoms. The number of hydrogen-bond donors (Lipinski definition) is 2. The van der Waals surface area contributed by atoms with Gasteiger partial charge < -0.3 is 15.2 Å². The topological polar surface area (TPSA) is 80.7 Å². The molecule has 5 heteroatoms. The predicted octanol–water partition coefficient (Wildman–Crippen LogP) is 3.89. The number of nitrogens with zero attached hydrogens (tertiary/aromatic N) is 2. The summed E-state index contributed by atoms with van der Waals surface area (Å²) in [5.41, 5.74) is 11.0. The van der Waals surface area contributed by atoms with E-state index >= 15 is 0 Å². The van der Waals surface area contributed by atoms with Crippen molar-refractivity contribution in [2.75, 3.05) is 5.73 Å². The van der Waals surface area contributed by atoms with Gasteiger partial charge in [0.25, 0.3) is 0 Å². The molecule has 0 saturated carbocycles. The molecule has 0 aliphatic heterocycles. The van der Waals surface area contributed by atoms with E-state index in [1.807, 2.05) is 43.5 Å². The van der Waals surface area contributed by atoms with E-state index in [1.165, 1.54) is 10.9 Å². The number of benzene rings is 2. The van der Waals surface area contributed by atoms with Crippen molar-refractivity contribution in [2.45, 2.75) is 19.8 Å². The Kier molecular flexibility index (Phi) is 3.54. The highest BCUT2D eigenvalue weighted by Gasteiger charge is 2.13. The molecule has 3 N–H and O–H groups in total. The molecule has 0 fully saturated rings. The van der Waals surface area contributed by atoms with Crippen molar-refractivity contribution >= 4 is 16.6 Å². The second-order valence-electron chi connectivity index (χ2n) is 5.89. The Labute approximate surface area is 139 Å². The fraction of sp³-hybridized carbons (Fsp3) is 0.158. The Morgan fingerprint density at radius 3 is 2.88 bits per heavy atom. The van der Waals surface area contributed by atoms with Crippen molar-refractivity contribution in [3.8, 4) is 11.4 Å². The molecular weight excluding hydrogens is 300 g/mol. The zero-order chi connectivity index (χ0) is 16.5. The van der Waals surface area contributed by atoms with Gasteiger partial charge in [0.15, 0.2) is 0 Å². The molecule has 0 spiro atoms. The van der Waals surface area contributed by atoms with Crippen LogP contribution in [0, 0.1) is 6.92 Å². The normalized spacial score (nSPS) is 11.2. The van der Waals surface area contributed by atoms with E-state index in [1.54, 1.807) is 0 Å². The number of nitrogens with two attached hydrogens (primary N) is 1. The average Bonchev–Trinajstić information content (AvgIpc) is 3.22. The maximum atomic E-state index is 5.95. The summed E-state index contributed by atoms with van der Waals surface area (Å²) in [6.07, 6.45) is 3.60. The van der Waals surface area contributed by atoms with Gasteiger partial charge in [-0.15, -0.1) is 0 Å². The molecule has 0 atom stereocenters. The molecule has 0 saturated heterocycles. The zero-order valence-corrected chi connectivity index (χ0v) is 13.4. The van der Waals surface area contributed by atoms with Crippen LogP contribution in [0.4, 0.5) is 5.69 Å². The number of aromatic nitrogens is 3. The fourth-order valence-corrected chi connectivity index (χ4v) is 2.94. The van der Waals surface area contributed by atoms with Crippen LogP contribution in [-0.4, -0.2) is 15.1 Å². The SMILES string of the molecule is Cc1c(N)cccc1-c1noc(CCc2c[nH]c3ccccc23)n1. The highest BCUT2D eigenvalue weighted by Crippen LogP contribution is 2.25. The lowest BCUT2D eigenvalue weighted by Gasteiger charge is -2.03. The number of nitrogen functional groups attached to an aromatic ring is 1. The Morgan fingerprint density at radius 2 is 1.96 bits per heavy atom. The smallest absolute Gasteiger partial charge is 0.227 e. The first-order chi connectivity index (χ1) is 11.7. The Hall–Kier alpha value is -3.08. The molecule has 0 amide bonds. The molecule has 24 heavy (non-hydrogen) atoms. The second-order valence-corrected chi connectivity index (χ2v) is 5.89. The molecule has 2 aromatic carbocycles. The number of H-pyrrole nitrogens is 1. The Morgan fingerprint density at radius 1 is 1.08 bits per heavy atom. The first kappa shape index (κ1) is 14.5. The van der Waals surface area contributed by atoms with Gasteiger partial charge in [0.05, 0.1) is 0 Å². The van der Waals surface area contributed by atoms with E-state index < -0.39 is 0 Å². The van der Waals surface area contributed by atoms with Crippen LogP contribution < -0.4 is 5.73 Å². The largest absolute Gasteiger partial charge is 0.398 e. The number of nitrogens with one attached hydrogen (secondary N) is 1. The standard InChI is InChI=1S/C19H18N4O/c1-12-14(6-4-7-16(12)20)19-22-18(24-23-19)10-9-13-11-21-17-8-3-2-5-15(13)17/h2-8,11,21H,9-10,20H2,1H3. The van der Waals surface area contributed by atoms with Crippen molar-refractivity contribution in [1.29, 1.82) is 0 Å². The quantitative estimate of drug-likeness (QED) is 0.559. The van der Waals surface area contributed by atoms with Gasteiger partial charge in [0, 0.05) is 34.8 Å². The lowest BCUT2D eigenvalue weighted by Crippen LogP contribution is -1.94. The molecule has 0 aliphatic rings. The summed E-state index contributed by atoms with van der Waals surface area (Å²) < 4.78 is 5.41. The van der Waals surface area contributed by atoms with Gasteiger partial charge in [0.2, 0.25) is 11.7 Å². The molecule has 120 valence electrons. The maximum absolute atomic E-state index is 5.95. The first-order valence-electron chi connectivity index (χ1n) is 7.95. The van der Waals surface area contributed by atoms with Crippen molar-refractivity contribution < 1.29 is 4.52 Å². The summed E-state index contributed by atoms with van der Waals surface area (Å²) in [5, 5.41) is 5.34. The third-order valence-corrected chi connectivity index (χ3v) is 4.37. The molecular formula is C19H18N4O. The van der Waals surface area contributed by atoms with Crippen LogP contribution in [0.1, 0.15) is 17.0 Å². The van der Waals surface area contributed by atoms with Crippen LogP contribution in [0.5, 0.6) is 0 Å². The number of hydrogen-bond acceptors (Lipinski definition) is 4. The van der Waals surface area contributed by atoms with E-state index in [0.29, 0.717) is 18.1 Å². The van der Waals surface area contributed by atoms with Gasteiger partial charge in [-0.1, -0.05) is 35.5 Å². The Bertz CT molecular complexity index is 999. The summed E-state index contributed by atoms with van der Waals surface area (Å²) in [7, 11) is 0. The minimum Gasteiger partial charge on any atom is -0.398 e. The van der Waals surface area contributed by atoms with Crippen LogP contribution in [0.3, 0.4) is 0 Å². The lowest BCUT2D eigenvalue weighted by molar-refractivity contribution is 0.379. The van der Waals surface area contributed by atoms with Crippen LogP contribution in [0.15, 0.2) is 53.2 Å². The van der Waals surface area contributed by atoms with Crippen LogP contribution in [0.25, 0.3) is 22.3 Å². The number of aryl methyl sites for hydroxylation is 2. The average molecular weight is 318 g/mol.